The van der Waals surface area contributed by atoms with Crippen LogP contribution >= 0.6 is 0 Å². The Kier molecular flexibility index (Phi) is 3.72. The molecule has 0 aliphatic heterocycles. The van der Waals surface area contributed by atoms with Crippen molar-refractivity contribution in [3.05, 3.63) is 0 Å². The van der Waals surface area contributed by atoms with E-state index in [1.807, 2.05) is 6.92 Å². The number of ketones is 1. The molecule has 0 unspecified atom stereocenters. The van der Waals surface area contributed by atoms with E-state index in [0.29, 0.717) is 43.4 Å². The molecule has 6 heteroatoms. The van der Waals surface area contributed by atoms with Crippen LogP contribution in [0.15, 0.2) is 0 Å². The molecule has 8 atom stereocenters. The van der Waals surface area contributed by atoms with E-state index in [4.69, 9.17) is 14.2 Å². The summed E-state index contributed by atoms with van der Waals surface area (Å²) in [6.07, 6.45) is 5.98. The molecule has 0 aromatic rings. The van der Waals surface area contributed by atoms with Crippen molar-refractivity contribution in [1.82, 2.24) is 0 Å². The first kappa shape index (κ1) is 15.4. The van der Waals surface area contributed by atoms with Gasteiger partial charge in [0.1, 0.15) is 5.78 Å². The van der Waals surface area contributed by atoms with Crippen molar-refractivity contribution in [2.24, 2.45) is 40.4 Å². The first-order chi connectivity index (χ1) is 14.1. The second-order valence-electron chi connectivity index (χ2n) is 9.88. The molecule has 4 rings (SSSR count). The summed E-state index contributed by atoms with van der Waals surface area (Å²) in [6, 6.07) is 0. The number of Topliss-reactive ketones (excluding diaryl/α,β-unsaturated/α-hetero) is 1. The number of hydrogen-bond donors (Lipinski definition) is 1. The van der Waals surface area contributed by atoms with Gasteiger partial charge in [0.05, 0.1) is 6.10 Å². The fourth-order valence-corrected chi connectivity index (χ4v) is 8.18. The van der Waals surface area contributed by atoms with Crippen molar-refractivity contribution < 1.29 is 27.4 Å². The maximum atomic E-state index is 12.8. The number of carbonyl (C=O) groups excluding carboxylic acids is 1. The van der Waals surface area contributed by atoms with Gasteiger partial charge in [0, 0.05) is 11.4 Å². The minimum Gasteiger partial charge on any atom is -0.300 e. The second-order valence-corrected chi connectivity index (χ2v) is 10.9. The van der Waals surface area contributed by atoms with Crippen LogP contribution < -0.4 is 0 Å². The normalized spacial score (nSPS) is 55.1. The lowest BCUT2D eigenvalue weighted by Crippen LogP contribution is -2.54. The van der Waals surface area contributed by atoms with Gasteiger partial charge in [-0.25, -0.2) is 4.18 Å². The van der Waals surface area contributed by atoms with Crippen molar-refractivity contribution in [2.75, 3.05) is 0 Å². The summed E-state index contributed by atoms with van der Waals surface area (Å²) in [7, 11) is -4.46. The molecule has 0 aromatic heterocycles. The summed E-state index contributed by atoms with van der Waals surface area (Å²) in [5.41, 5.74) is -0.585. The van der Waals surface area contributed by atoms with Gasteiger partial charge >= 0.3 is 10.4 Å². The molecule has 154 valence electrons. The Labute approximate surface area is 169 Å². The van der Waals surface area contributed by atoms with E-state index in [9.17, 15) is 13.2 Å². The molecule has 27 heavy (non-hydrogen) atoms. The molecule has 4 aliphatic rings. The van der Waals surface area contributed by atoms with Crippen molar-refractivity contribution in [1.29, 1.82) is 0 Å². The summed E-state index contributed by atoms with van der Waals surface area (Å²) in [4.78, 5) is 12.8. The Morgan fingerprint density at radius 1 is 1.07 bits per heavy atom. The summed E-state index contributed by atoms with van der Waals surface area (Å²) < 4.78 is 68.2. The van der Waals surface area contributed by atoms with Gasteiger partial charge in [-0.1, -0.05) is 13.8 Å². The predicted octanol–water partition coefficient (Wildman–Crippen LogP) is 4.42. The van der Waals surface area contributed by atoms with E-state index in [-0.39, 0.29) is 11.3 Å². The minimum atomic E-state index is -4.46. The maximum absolute atomic E-state index is 12.8. The van der Waals surface area contributed by atoms with Gasteiger partial charge in [-0.3, -0.25) is 9.35 Å². The van der Waals surface area contributed by atoms with Gasteiger partial charge < -0.3 is 0 Å². The molecule has 0 aromatic carbocycles. The standard InChI is InChI=1S/C21H34O5S/c1-13(22)17-6-7-18-16-5-4-14-12-15(26-27(23,24)25)8-10-20(14,2)19(16)9-11-21(17,18)3/h14-19H,4-12H2,1-3H3,(H,23,24,25)/t14-,15+,16-,17+,18-,19-,20-,21+/m0/s1/i1D3,17D. The first-order valence-electron chi connectivity index (χ1n) is 12.3. The molecule has 1 N–H and O–H groups in total. The van der Waals surface area contributed by atoms with Crippen molar-refractivity contribution in [3.63, 3.8) is 0 Å². The Morgan fingerprint density at radius 2 is 1.78 bits per heavy atom. The lowest BCUT2D eigenvalue weighted by Gasteiger charge is -2.61. The molecule has 0 heterocycles. The predicted molar refractivity (Wildman–Crippen MR) is 102 cm³/mol. The van der Waals surface area contributed by atoms with Crippen LogP contribution in [0.4, 0.5) is 0 Å². The second kappa shape index (κ2) is 6.53. The van der Waals surface area contributed by atoms with E-state index in [2.05, 4.69) is 6.92 Å². The maximum Gasteiger partial charge on any atom is 0.397 e. The van der Waals surface area contributed by atoms with Crippen LogP contribution in [0.2, 0.25) is 0 Å². The van der Waals surface area contributed by atoms with E-state index >= 15 is 0 Å². The largest absolute Gasteiger partial charge is 0.397 e. The van der Waals surface area contributed by atoms with Crippen LogP contribution in [-0.4, -0.2) is 24.9 Å². The number of fused-ring (bicyclic) bond motifs is 5. The Morgan fingerprint density at radius 3 is 2.48 bits per heavy atom. The number of rotatable bonds is 3. The number of hydrogen-bond acceptors (Lipinski definition) is 4. The van der Waals surface area contributed by atoms with Crippen LogP contribution in [0.3, 0.4) is 0 Å². The van der Waals surface area contributed by atoms with Gasteiger partial charge in [0.25, 0.3) is 0 Å². The molecule has 5 nitrogen and oxygen atoms in total. The lowest BCUT2D eigenvalue weighted by molar-refractivity contribution is -0.137. The molecule has 0 spiro atoms. The molecule has 0 saturated heterocycles. The first-order valence-corrected chi connectivity index (χ1v) is 11.7. The molecule has 0 bridgehead atoms. The fraction of sp³-hybridized carbons (Fsp3) is 0.952. The van der Waals surface area contributed by atoms with Gasteiger partial charge in [0.15, 0.2) is 0 Å². The third kappa shape index (κ3) is 3.20. The van der Waals surface area contributed by atoms with Crippen LogP contribution in [0.5, 0.6) is 0 Å². The molecule has 0 radical (unpaired) electrons. The average Bonchev–Trinajstić information content (AvgIpc) is 2.91. The van der Waals surface area contributed by atoms with Gasteiger partial charge in [-0.05, 0) is 99.1 Å². The zero-order valence-electron chi connectivity index (χ0n) is 20.2. The third-order valence-corrected chi connectivity index (χ3v) is 9.45. The Bertz CT molecular complexity index is 860. The van der Waals surface area contributed by atoms with Crippen LogP contribution in [0.25, 0.3) is 0 Å². The average molecular weight is 403 g/mol. The smallest absolute Gasteiger partial charge is 0.300 e. The van der Waals surface area contributed by atoms with E-state index in [1.165, 1.54) is 0 Å². The van der Waals surface area contributed by atoms with Gasteiger partial charge in [-0.2, -0.15) is 8.42 Å². The van der Waals surface area contributed by atoms with Gasteiger partial charge in [-0.15, -0.1) is 0 Å². The summed E-state index contributed by atoms with van der Waals surface area (Å²) in [5.74, 6) is -1.19. The molecule has 4 fully saturated rings. The Hall–Kier alpha value is -0.460. The van der Waals surface area contributed by atoms with Crippen LogP contribution in [0, 0.1) is 40.4 Å². The van der Waals surface area contributed by atoms with E-state index in [0.717, 1.165) is 32.1 Å². The molecule has 4 aliphatic carbocycles. The number of carbonyl (C=O) groups is 1. The van der Waals surface area contributed by atoms with Crippen LogP contribution in [-0.2, 0) is 19.4 Å². The topological polar surface area (TPSA) is 80.7 Å². The molecular weight excluding hydrogens is 364 g/mol. The zero-order chi connectivity index (χ0) is 23.0. The quantitative estimate of drug-likeness (QED) is 0.707. The van der Waals surface area contributed by atoms with Crippen molar-refractivity contribution in [2.45, 2.75) is 84.6 Å². The van der Waals surface area contributed by atoms with Gasteiger partial charge in [0.2, 0.25) is 0 Å². The van der Waals surface area contributed by atoms with E-state index < -0.39 is 40.4 Å². The highest BCUT2D eigenvalue weighted by Gasteiger charge is 2.60. The summed E-state index contributed by atoms with van der Waals surface area (Å²) >= 11 is 0. The molecular formula is C21H34O5S. The zero-order valence-corrected chi connectivity index (χ0v) is 17.1. The summed E-state index contributed by atoms with van der Waals surface area (Å²) in [5, 5.41) is 0. The van der Waals surface area contributed by atoms with E-state index in [1.54, 1.807) is 0 Å². The van der Waals surface area contributed by atoms with Crippen molar-refractivity contribution in [3.8, 4) is 0 Å². The lowest BCUT2D eigenvalue weighted by atomic mass is 9.44. The highest BCUT2D eigenvalue weighted by atomic mass is 32.3. The Balaban J connectivity index is 1.56. The molecule has 4 saturated carbocycles. The highest BCUT2D eigenvalue weighted by Crippen LogP contribution is 2.67. The van der Waals surface area contributed by atoms with Crippen LogP contribution in [0.1, 0.15) is 84.0 Å². The minimum absolute atomic E-state index is 0.0324. The highest BCUT2D eigenvalue weighted by molar-refractivity contribution is 7.80. The summed E-state index contributed by atoms with van der Waals surface area (Å²) in [6.45, 7) is 1.52. The SMILES string of the molecule is [2H]C([2H])([2H])C(=O)[C@@]1([2H])CC[C@H]2[C@@H]3CC[C@H]4C[C@H](OS(=O)(=O)O)CC[C@]4(C)[C@H]3CC[C@@]21C. The van der Waals surface area contributed by atoms with Crippen molar-refractivity contribution >= 4 is 16.2 Å². The monoisotopic (exact) mass is 402 g/mol. The molecule has 0 amide bonds. The third-order valence-electron chi connectivity index (χ3n) is 8.93. The fourth-order valence-electron chi connectivity index (χ4n) is 7.66.